The van der Waals surface area contributed by atoms with E-state index in [9.17, 15) is 5.11 Å². The largest absolute Gasteiger partial charge is 0.457 e. The maximum atomic E-state index is 17.3. The Labute approximate surface area is 421 Å². The summed E-state index contributed by atoms with van der Waals surface area (Å²) in [7, 11) is 12.4. The second-order valence-electron chi connectivity index (χ2n) is 21.5. The second kappa shape index (κ2) is 20.2. The topological polar surface area (TPSA) is 111 Å². The molecule has 69 heavy (non-hydrogen) atoms. The van der Waals surface area contributed by atoms with E-state index in [1.807, 2.05) is 56.7 Å². The van der Waals surface area contributed by atoms with E-state index in [1.54, 1.807) is 7.11 Å². The van der Waals surface area contributed by atoms with Crippen molar-refractivity contribution in [3.63, 3.8) is 0 Å². The first-order valence-corrected chi connectivity index (χ1v) is 26.2. The number of halogens is 2. The molecule has 374 valence electrons. The predicted octanol–water partition coefficient (Wildman–Crippen LogP) is 7.92. The van der Waals surface area contributed by atoms with Gasteiger partial charge >= 0.3 is 0 Å². The number of nitrogens with one attached hydrogen (secondary N) is 2. The van der Waals surface area contributed by atoms with Gasteiger partial charge in [0, 0.05) is 109 Å². The summed E-state index contributed by atoms with van der Waals surface area (Å²) in [5, 5.41) is 22.1. The lowest BCUT2D eigenvalue weighted by atomic mass is 9.54. The molecule has 0 radical (unpaired) electrons. The molecule has 3 N–H and O–H groups in total. The third-order valence-corrected chi connectivity index (χ3v) is 18.1. The van der Waals surface area contributed by atoms with Crippen molar-refractivity contribution in [1.82, 2.24) is 39.8 Å². The zero-order valence-electron chi connectivity index (χ0n) is 42.5. The number of Topliss-reactive ketones (excluding diaryl/α,β-unsaturated/α-hetero) is 1. The Morgan fingerprint density at radius 1 is 0.957 bits per heavy atom. The summed E-state index contributed by atoms with van der Waals surface area (Å²) in [4.78, 5) is 31.8. The van der Waals surface area contributed by atoms with E-state index in [0.717, 1.165) is 60.0 Å². The van der Waals surface area contributed by atoms with Gasteiger partial charge in [0.15, 0.2) is 5.78 Å². The minimum Gasteiger partial charge on any atom is -0.457 e. The van der Waals surface area contributed by atoms with Crippen molar-refractivity contribution >= 4 is 29.0 Å². The molecule has 13 atom stereocenters. The van der Waals surface area contributed by atoms with E-state index in [0.29, 0.717) is 54.7 Å². The Kier molecular flexibility index (Phi) is 14.8. The zero-order valence-corrected chi connectivity index (χ0v) is 44.0. The number of aliphatic hydroxyl groups excluding tert-OH is 1. The first-order chi connectivity index (χ1) is 33.1. The Hall–Kier alpha value is -3.40. The highest BCUT2D eigenvalue weighted by atomic mass is 35.5. The summed E-state index contributed by atoms with van der Waals surface area (Å²) in [6.07, 6.45) is 5.96. The molecule has 5 fully saturated rings. The van der Waals surface area contributed by atoms with Crippen LogP contribution in [0.25, 0.3) is 11.3 Å². The van der Waals surface area contributed by atoms with Crippen molar-refractivity contribution in [3.05, 3.63) is 99.9 Å². The minimum absolute atomic E-state index is 0.105. The molecular formula is C55H76Cl2N8O4. The lowest BCUT2D eigenvalue weighted by molar-refractivity contribution is -0.155. The van der Waals surface area contributed by atoms with Gasteiger partial charge in [0.2, 0.25) is 0 Å². The van der Waals surface area contributed by atoms with Crippen molar-refractivity contribution < 1.29 is 19.4 Å². The average molecular weight is 984 g/mol. The van der Waals surface area contributed by atoms with Crippen LogP contribution < -0.4 is 15.4 Å². The fourth-order valence-corrected chi connectivity index (χ4v) is 14.7. The number of methoxy groups -OCH3 is 1. The molecule has 3 aromatic carbocycles. The quantitative estimate of drug-likeness (QED) is 0.108. The molecule has 12 nitrogen and oxygen atoms in total. The predicted molar refractivity (Wildman–Crippen MR) is 276 cm³/mol. The zero-order chi connectivity index (χ0) is 49.1. The summed E-state index contributed by atoms with van der Waals surface area (Å²) < 4.78 is 15.1. The molecule has 1 spiro atoms. The van der Waals surface area contributed by atoms with Crippen molar-refractivity contribution in [2.45, 2.75) is 140 Å². The van der Waals surface area contributed by atoms with Gasteiger partial charge in [-0.05, 0) is 128 Å². The van der Waals surface area contributed by atoms with Crippen LogP contribution in [0.3, 0.4) is 0 Å². The fourth-order valence-electron chi connectivity index (χ4n) is 14.4. The molecule has 4 aliphatic heterocycles. The highest BCUT2D eigenvalue weighted by molar-refractivity contribution is 6.31. The van der Waals surface area contributed by atoms with Crippen LogP contribution in [0.5, 0.6) is 11.5 Å². The number of imidazole rings is 1. The average Bonchev–Trinajstić information content (AvgIpc) is 3.98. The van der Waals surface area contributed by atoms with Crippen LogP contribution in [0.2, 0.25) is 10.0 Å². The molecule has 1 aromatic heterocycles. The van der Waals surface area contributed by atoms with Crippen LogP contribution >= 0.6 is 23.2 Å². The molecule has 5 aliphatic rings. The Morgan fingerprint density at radius 3 is 2.36 bits per heavy atom. The molecular weight excluding hydrogens is 908 g/mol. The van der Waals surface area contributed by atoms with E-state index in [4.69, 9.17) is 37.7 Å². The Bertz CT molecular complexity index is 2440. The van der Waals surface area contributed by atoms with Crippen molar-refractivity contribution in [2.24, 2.45) is 23.8 Å². The number of nitrogens with zero attached hydrogens (tertiary/aromatic N) is 6. The number of piperidine rings is 1. The summed E-state index contributed by atoms with van der Waals surface area (Å²) in [6, 6.07) is 21.6. The highest BCUT2D eigenvalue weighted by Crippen LogP contribution is 2.63. The number of aliphatic hydroxyl groups is 1. The van der Waals surface area contributed by atoms with E-state index in [-0.39, 0.29) is 60.3 Å². The fraction of sp³-hybridized carbons (Fsp3) is 0.600. The number of rotatable bonds is 15. The van der Waals surface area contributed by atoms with Gasteiger partial charge in [-0.15, -0.1) is 0 Å². The maximum absolute atomic E-state index is 17.3. The summed E-state index contributed by atoms with van der Waals surface area (Å²) in [5.74, 6) is 2.63. The van der Waals surface area contributed by atoms with Gasteiger partial charge in [-0.1, -0.05) is 61.7 Å². The number of ketones is 1. The van der Waals surface area contributed by atoms with Crippen molar-refractivity contribution in [3.8, 4) is 22.8 Å². The third kappa shape index (κ3) is 8.70. The maximum Gasteiger partial charge on any atom is 0.153 e. The van der Waals surface area contributed by atoms with Gasteiger partial charge in [0.25, 0.3) is 0 Å². The second-order valence-corrected chi connectivity index (χ2v) is 22.4. The van der Waals surface area contributed by atoms with E-state index in [1.165, 1.54) is 5.56 Å². The highest BCUT2D eigenvalue weighted by Gasteiger charge is 2.77. The molecule has 14 heteroatoms. The normalized spacial score (nSPS) is 33.2. The van der Waals surface area contributed by atoms with E-state index < -0.39 is 16.9 Å². The minimum atomic E-state index is -0.827. The summed E-state index contributed by atoms with van der Waals surface area (Å²) in [6.45, 7) is 11.5. The van der Waals surface area contributed by atoms with Crippen LogP contribution in [0.1, 0.15) is 76.8 Å². The molecule has 2 bridgehead atoms. The van der Waals surface area contributed by atoms with Crippen LogP contribution in [-0.2, 0) is 36.1 Å². The first kappa shape index (κ1) is 50.5. The van der Waals surface area contributed by atoms with Gasteiger partial charge in [-0.2, -0.15) is 0 Å². The number of likely N-dealkylation sites (tertiary alicyclic amines) is 2. The van der Waals surface area contributed by atoms with Crippen LogP contribution in [-0.4, -0.2) is 149 Å². The van der Waals surface area contributed by atoms with Crippen molar-refractivity contribution in [2.75, 3.05) is 48.5 Å². The molecule has 4 aromatic rings. The Balaban J connectivity index is 1.16. The lowest BCUT2D eigenvalue weighted by Gasteiger charge is -2.57. The van der Waals surface area contributed by atoms with Gasteiger partial charge in [0.1, 0.15) is 17.3 Å². The van der Waals surface area contributed by atoms with Gasteiger partial charge in [0.05, 0.1) is 42.0 Å². The molecule has 1 aliphatic carbocycles. The Morgan fingerprint density at radius 2 is 1.68 bits per heavy atom. The van der Waals surface area contributed by atoms with Crippen LogP contribution in [0.15, 0.2) is 72.9 Å². The summed E-state index contributed by atoms with van der Waals surface area (Å²) >= 11 is 13.2. The molecule has 9 rings (SSSR count). The van der Waals surface area contributed by atoms with Gasteiger partial charge in [-0.3, -0.25) is 19.5 Å². The standard InChI is InChI=1S/C55H76Cl2N8O4/c1-11-13-45(66)42-27-48-54(12-2)51(42)62(7)33(3)28-58-47-26-40(24-35-14-19-38(56)20-15-35)63(8)52-43(32-68-10)60-50(55(47,52)53(54)67)34(4)65(48)30-37-16-21-39(57)25-46(37)69-41-22-17-36(18-23-41)44-29-59-49(64(44)9)31-61(5)6/h14-23,25,29,33-34,40,42-43,45,47-48,50-52,58,60,66H,11-13,24,26-28,30-32H2,1-10H3/t33-,34-,40-,42+,43+,45+,47?,48?,50?,51?,52?,54?,55?/m0/s1. The molecule has 7 unspecified atom stereocenters. The number of likely N-dealkylation sites (N-methyl/N-ethyl adjacent to an activating group) is 2. The van der Waals surface area contributed by atoms with Gasteiger partial charge in [-0.25, -0.2) is 4.98 Å². The SMILES string of the molecule is CCC[C@@H](O)[C@H]1CC2N(Cc3ccc(Cl)cc3Oc3ccc(-c4cnc(CN(C)C)n4C)cc3)[C@@H](C)C3N[C@H](COC)C4N(C)[C@@H](Cc5ccc(Cl)cc5)CC5NC[C@H](C)N(C)C1C2(CC)C(=O)C534. The monoisotopic (exact) mass is 983 g/mol. The number of aromatic nitrogens is 2. The number of carbonyl (C=O) groups excluding carboxylic acids is 1. The van der Waals surface area contributed by atoms with E-state index >= 15 is 4.79 Å². The van der Waals surface area contributed by atoms with Crippen LogP contribution in [0.4, 0.5) is 0 Å². The smallest absolute Gasteiger partial charge is 0.153 e. The van der Waals surface area contributed by atoms with Gasteiger partial charge < -0.3 is 34.7 Å². The number of hydrogen-bond acceptors (Lipinski definition) is 11. The van der Waals surface area contributed by atoms with E-state index in [2.05, 4.69) is 114 Å². The summed E-state index contributed by atoms with van der Waals surface area (Å²) in [5.41, 5.74) is 2.67. The molecule has 4 saturated heterocycles. The molecule has 1 saturated carbocycles. The van der Waals surface area contributed by atoms with Crippen molar-refractivity contribution in [1.29, 1.82) is 0 Å². The molecule has 0 amide bonds. The van der Waals surface area contributed by atoms with Crippen LogP contribution in [0, 0.1) is 16.7 Å². The number of benzene rings is 3. The lowest BCUT2D eigenvalue weighted by Crippen LogP contribution is -2.73. The number of ether oxygens (including phenoxy) is 2. The first-order valence-electron chi connectivity index (χ1n) is 25.5. The third-order valence-electron chi connectivity index (χ3n) is 17.6. The number of hydrogen-bond donors (Lipinski definition) is 3. The number of carbonyl (C=O) groups is 1. The molecule has 5 heterocycles.